The molecular formula is C18H18N4O3S. The van der Waals surface area contributed by atoms with Crippen LogP contribution >= 0.6 is 11.8 Å². The average molecular weight is 370 g/mol. The van der Waals surface area contributed by atoms with Crippen LogP contribution in [0.25, 0.3) is 0 Å². The molecule has 3 heterocycles. The minimum Gasteiger partial charge on any atom is -0.365 e. The van der Waals surface area contributed by atoms with Crippen LogP contribution in [-0.2, 0) is 14.3 Å². The first-order chi connectivity index (χ1) is 12.3. The number of carbonyl (C=O) groups excluding carboxylic acids is 2. The maximum atomic E-state index is 13.4. The van der Waals surface area contributed by atoms with Gasteiger partial charge in [-0.3, -0.25) is 9.59 Å². The number of ether oxygens (including phenoxy) is 1. The van der Waals surface area contributed by atoms with Crippen molar-refractivity contribution in [2.45, 2.75) is 48.3 Å². The molecule has 3 saturated heterocycles. The van der Waals surface area contributed by atoms with E-state index in [1.54, 1.807) is 25.1 Å². The Bertz CT molecular complexity index is 912. The molecule has 0 aromatic heterocycles. The Kier molecular flexibility index (Phi) is 3.40. The van der Waals surface area contributed by atoms with Crippen LogP contribution in [-0.4, -0.2) is 34.8 Å². The molecule has 8 heteroatoms. The zero-order valence-corrected chi connectivity index (χ0v) is 15.5. The zero-order chi connectivity index (χ0) is 18.9. The summed E-state index contributed by atoms with van der Waals surface area (Å²) in [6.45, 7) is 3.60. The lowest BCUT2D eigenvalue weighted by molar-refractivity contribution is -0.130. The van der Waals surface area contributed by atoms with Crippen molar-refractivity contribution in [3.05, 3.63) is 23.8 Å². The number of hydrogen-bond donors (Lipinski definition) is 1. The Morgan fingerprint density at radius 1 is 1.38 bits per heavy atom. The molecule has 0 radical (unpaired) electrons. The molecule has 4 atom stereocenters. The van der Waals surface area contributed by atoms with E-state index in [1.807, 2.05) is 13.2 Å². The van der Waals surface area contributed by atoms with Gasteiger partial charge in [0.15, 0.2) is 0 Å². The summed E-state index contributed by atoms with van der Waals surface area (Å²) in [4.78, 5) is 28.5. The number of nitrogens with zero attached hydrogens (tertiary/aromatic N) is 3. The number of nitrogens with one attached hydrogen (secondary N) is 1. The Balaban J connectivity index is 1.87. The number of thioether (sulfide) groups is 1. The van der Waals surface area contributed by atoms with Gasteiger partial charge >= 0.3 is 0 Å². The Labute approximate surface area is 155 Å². The van der Waals surface area contributed by atoms with Crippen molar-refractivity contribution in [1.29, 1.82) is 10.8 Å². The summed E-state index contributed by atoms with van der Waals surface area (Å²) in [7, 11) is 0. The van der Waals surface area contributed by atoms with Crippen LogP contribution < -0.4 is 4.90 Å². The van der Waals surface area contributed by atoms with Crippen molar-refractivity contribution < 1.29 is 14.3 Å². The number of rotatable bonds is 3. The second kappa shape index (κ2) is 5.15. The van der Waals surface area contributed by atoms with Gasteiger partial charge in [-0.1, -0.05) is 0 Å². The number of hydrogen-bond acceptors (Lipinski definition) is 7. The van der Waals surface area contributed by atoms with Crippen LogP contribution in [0.4, 0.5) is 5.69 Å². The third-order valence-electron chi connectivity index (χ3n) is 6.13. The summed E-state index contributed by atoms with van der Waals surface area (Å²) in [5.41, 5.74) is 5.44. The molecule has 3 unspecified atom stereocenters. The number of anilines is 1. The standard InChI is InChI=1S/C18H18N4O3S/c1-16-6-7-17(2,25-16)18(21-20)13(16)14(23)22(15(18)24)11-5-4-10(9-19)12(8-11)26-3/h4-5,8,13,20H,6-7H2,1-3H3/t13?,16?,17?,18-/m1/s1. The minimum absolute atomic E-state index is 0.381. The zero-order valence-electron chi connectivity index (χ0n) is 14.7. The summed E-state index contributed by atoms with van der Waals surface area (Å²) in [6, 6.07) is 6.98. The van der Waals surface area contributed by atoms with Crippen LogP contribution in [0.15, 0.2) is 28.2 Å². The molecular weight excluding hydrogens is 352 g/mol. The van der Waals surface area contributed by atoms with Crippen LogP contribution in [0.1, 0.15) is 32.3 Å². The van der Waals surface area contributed by atoms with Gasteiger partial charge in [0.2, 0.25) is 11.4 Å². The van der Waals surface area contributed by atoms with E-state index in [4.69, 9.17) is 10.3 Å². The minimum atomic E-state index is -1.51. The molecule has 134 valence electrons. The molecule has 0 saturated carbocycles. The van der Waals surface area contributed by atoms with E-state index >= 15 is 0 Å². The van der Waals surface area contributed by atoms with Gasteiger partial charge in [0.1, 0.15) is 17.6 Å². The highest BCUT2D eigenvalue weighted by molar-refractivity contribution is 7.98. The number of carbonyl (C=O) groups is 2. The van der Waals surface area contributed by atoms with Gasteiger partial charge in [0.25, 0.3) is 5.91 Å². The van der Waals surface area contributed by atoms with Gasteiger partial charge in [-0.15, -0.1) is 11.8 Å². The van der Waals surface area contributed by atoms with Crippen molar-refractivity contribution >= 4 is 29.3 Å². The highest BCUT2D eigenvalue weighted by Gasteiger charge is 2.82. The molecule has 0 spiro atoms. The molecule has 1 aromatic carbocycles. The smallest absolute Gasteiger partial charge is 0.267 e. The predicted molar refractivity (Wildman–Crippen MR) is 93.9 cm³/mol. The van der Waals surface area contributed by atoms with E-state index in [0.29, 0.717) is 29.0 Å². The normalized spacial score (nSPS) is 37.8. The summed E-state index contributed by atoms with van der Waals surface area (Å²) in [5, 5.41) is 12.9. The first-order valence-corrected chi connectivity index (χ1v) is 9.56. The quantitative estimate of drug-likeness (QED) is 0.500. The van der Waals surface area contributed by atoms with Crippen molar-refractivity contribution in [2.75, 3.05) is 11.2 Å². The van der Waals surface area contributed by atoms with Crippen LogP contribution in [0.2, 0.25) is 0 Å². The lowest BCUT2D eigenvalue weighted by atomic mass is 9.64. The lowest BCUT2D eigenvalue weighted by Crippen LogP contribution is -2.57. The van der Waals surface area contributed by atoms with Gasteiger partial charge in [0, 0.05) is 4.90 Å². The SMILES string of the molecule is CSc1cc(N2C(=O)C3C4(C)CCC(C)(O4)[C@]3(N=N)C2=O)ccc1C#N. The fourth-order valence-electron chi connectivity index (χ4n) is 4.90. The predicted octanol–water partition coefficient (Wildman–Crippen LogP) is 2.88. The van der Waals surface area contributed by atoms with E-state index in [1.165, 1.54) is 11.8 Å². The largest absolute Gasteiger partial charge is 0.365 e. The fraction of sp³-hybridized carbons (Fsp3) is 0.500. The second-order valence-electron chi connectivity index (χ2n) is 7.43. The molecule has 7 nitrogen and oxygen atoms in total. The van der Waals surface area contributed by atoms with Gasteiger partial charge in [-0.2, -0.15) is 10.4 Å². The monoisotopic (exact) mass is 370 g/mol. The van der Waals surface area contributed by atoms with Gasteiger partial charge in [-0.25, -0.2) is 10.4 Å². The summed E-state index contributed by atoms with van der Waals surface area (Å²) >= 11 is 1.38. The molecule has 26 heavy (non-hydrogen) atoms. The van der Waals surface area contributed by atoms with Gasteiger partial charge in [0.05, 0.1) is 16.9 Å². The van der Waals surface area contributed by atoms with E-state index < -0.39 is 28.6 Å². The molecule has 2 amide bonds. The molecule has 4 rings (SSSR count). The van der Waals surface area contributed by atoms with Crippen molar-refractivity contribution in [1.82, 2.24) is 0 Å². The van der Waals surface area contributed by atoms with Crippen molar-refractivity contribution in [3.63, 3.8) is 0 Å². The molecule has 3 fully saturated rings. The molecule has 1 aromatic rings. The van der Waals surface area contributed by atoms with E-state index in [9.17, 15) is 14.9 Å². The summed E-state index contributed by atoms with van der Waals surface area (Å²) in [5.74, 6) is -1.69. The number of nitriles is 1. The molecule has 1 N–H and O–H groups in total. The number of amides is 2. The number of fused-ring (bicyclic) bond motifs is 5. The Morgan fingerprint density at radius 3 is 2.69 bits per heavy atom. The van der Waals surface area contributed by atoms with E-state index in [0.717, 1.165) is 4.90 Å². The highest BCUT2D eigenvalue weighted by atomic mass is 32.2. The van der Waals surface area contributed by atoms with Crippen LogP contribution in [0, 0.1) is 22.8 Å². The second-order valence-corrected chi connectivity index (χ2v) is 8.28. The van der Waals surface area contributed by atoms with Gasteiger partial charge < -0.3 is 4.74 Å². The lowest BCUT2D eigenvalue weighted by Gasteiger charge is -2.35. The molecule has 3 aliphatic heterocycles. The highest BCUT2D eigenvalue weighted by Crippen LogP contribution is 2.64. The van der Waals surface area contributed by atoms with Crippen LogP contribution in [0.3, 0.4) is 0 Å². The third kappa shape index (κ3) is 1.72. The van der Waals surface area contributed by atoms with Crippen molar-refractivity contribution in [2.24, 2.45) is 11.0 Å². The first-order valence-electron chi connectivity index (χ1n) is 8.33. The van der Waals surface area contributed by atoms with E-state index in [-0.39, 0.29) is 5.91 Å². The Hall–Kier alpha value is -2.24. The topological polar surface area (TPSA) is 107 Å². The van der Waals surface area contributed by atoms with Crippen LogP contribution in [0.5, 0.6) is 0 Å². The molecule has 0 aliphatic carbocycles. The van der Waals surface area contributed by atoms with E-state index in [2.05, 4.69) is 11.2 Å². The summed E-state index contributed by atoms with van der Waals surface area (Å²) in [6.07, 6.45) is 3.07. The van der Waals surface area contributed by atoms with Gasteiger partial charge in [-0.05, 0) is 51.1 Å². The maximum absolute atomic E-state index is 13.4. The fourth-order valence-corrected chi connectivity index (χ4v) is 5.47. The van der Waals surface area contributed by atoms with Crippen molar-refractivity contribution in [3.8, 4) is 6.07 Å². The average Bonchev–Trinajstić information content (AvgIpc) is 3.15. The number of benzene rings is 1. The third-order valence-corrected chi connectivity index (χ3v) is 6.91. The number of imide groups is 1. The Morgan fingerprint density at radius 2 is 2.12 bits per heavy atom. The summed E-state index contributed by atoms with van der Waals surface area (Å²) < 4.78 is 6.09. The first kappa shape index (κ1) is 17.2. The molecule has 3 aliphatic rings. The molecule has 2 bridgehead atoms. The maximum Gasteiger partial charge on any atom is 0.267 e.